The summed E-state index contributed by atoms with van der Waals surface area (Å²) in [5, 5.41) is 12.8. The van der Waals surface area contributed by atoms with Gasteiger partial charge in [0, 0.05) is 23.3 Å². The molecule has 51 heavy (non-hydrogen) atoms. The highest BCUT2D eigenvalue weighted by molar-refractivity contribution is 7.07. The summed E-state index contributed by atoms with van der Waals surface area (Å²) in [7, 11) is 3.18. The van der Waals surface area contributed by atoms with E-state index in [1.807, 2.05) is 60.7 Å². The molecule has 10 nitrogen and oxygen atoms in total. The number of carbonyl (C=O) groups is 1. The molecule has 0 saturated heterocycles. The summed E-state index contributed by atoms with van der Waals surface area (Å²) >= 11 is 1.27. The van der Waals surface area contributed by atoms with Gasteiger partial charge in [0.05, 0.1) is 41.0 Å². The molecule has 0 N–H and O–H groups in total. The fraction of sp³-hybridized carbons (Fsp3) is 0.125. The van der Waals surface area contributed by atoms with Gasteiger partial charge in [0.1, 0.15) is 5.75 Å². The SMILES string of the molecule is COc1ccc([C@H]2C3=C(N=c4s/c(=C/c5c(OC(=O)c6ccc([N+](=O)[O-])cc6)ccc6ccccc56)c(=O)n42)c2ccccc2CC3)cc1OC. The highest BCUT2D eigenvalue weighted by Crippen LogP contribution is 2.43. The Morgan fingerprint density at radius 2 is 1.65 bits per heavy atom. The number of nitro benzene ring substituents is 1. The van der Waals surface area contributed by atoms with Crippen LogP contribution < -0.4 is 29.1 Å². The zero-order valence-corrected chi connectivity index (χ0v) is 28.3. The molecule has 6 aromatic rings. The lowest BCUT2D eigenvalue weighted by Gasteiger charge is -2.31. The fourth-order valence-electron chi connectivity index (χ4n) is 6.87. The molecule has 1 aliphatic heterocycles. The van der Waals surface area contributed by atoms with E-state index in [1.165, 1.54) is 41.2 Å². The molecule has 0 spiro atoms. The summed E-state index contributed by atoms with van der Waals surface area (Å²) in [5.41, 5.74) is 5.37. The number of non-ortho nitro benzene ring substituents is 1. The molecule has 252 valence electrons. The van der Waals surface area contributed by atoms with Gasteiger partial charge in [-0.2, -0.15) is 0 Å². The first-order chi connectivity index (χ1) is 24.8. The van der Waals surface area contributed by atoms with Gasteiger partial charge in [0.2, 0.25) is 0 Å². The molecule has 0 fully saturated rings. The molecule has 1 aliphatic carbocycles. The largest absolute Gasteiger partial charge is 0.493 e. The average Bonchev–Trinajstić information content (AvgIpc) is 3.48. The first kappa shape index (κ1) is 31.9. The maximum atomic E-state index is 14.6. The zero-order chi connectivity index (χ0) is 35.2. The van der Waals surface area contributed by atoms with Gasteiger partial charge in [-0.1, -0.05) is 72.0 Å². The smallest absolute Gasteiger partial charge is 0.343 e. The van der Waals surface area contributed by atoms with E-state index in [4.69, 9.17) is 19.2 Å². The van der Waals surface area contributed by atoms with Crippen molar-refractivity contribution in [3.63, 3.8) is 0 Å². The molecule has 1 atom stereocenters. The quantitative estimate of drug-likeness (QED) is 0.0797. The van der Waals surface area contributed by atoms with Gasteiger partial charge in [0.15, 0.2) is 16.3 Å². The average molecular weight is 696 g/mol. The molecule has 0 unspecified atom stereocenters. The number of hydrogen-bond donors (Lipinski definition) is 0. The number of nitro groups is 1. The Bertz CT molecular complexity index is 2620. The number of esters is 1. The molecule has 0 bridgehead atoms. The van der Waals surface area contributed by atoms with Gasteiger partial charge in [0.25, 0.3) is 11.2 Å². The Kier molecular flexibility index (Phi) is 8.04. The Morgan fingerprint density at radius 1 is 0.902 bits per heavy atom. The lowest BCUT2D eigenvalue weighted by atomic mass is 9.83. The summed E-state index contributed by atoms with van der Waals surface area (Å²) in [6, 6.07) is 29.9. The van der Waals surface area contributed by atoms with Crippen LogP contribution in [0.2, 0.25) is 0 Å². The van der Waals surface area contributed by atoms with Gasteiger partial charge in [-0.25, -0.2) is 9.79 Å². The standard InChI is InChI=1S/C40H29N3O7S/c1-48-33-20-15-26(21-34(33)49-2)37-30-18-13-24-8-4-6-10-29(24)36(30)41-40-42(37)38(44)35(51-40)22-31-28-9-5-3-7-23(28)14-19-32(31)50-39(45)25-11-16-27(17-12-25)43(46)47/h3-12,14-17,19-22,37H,13,18H2,1-2H3/b35-22+/t37-/m0/s1. The summed E-state index contributed by atoms with van der Waals surface area (Å²) in [6.07, 6.45) is 3.30. The molecule has 5 aromatic carbocycles. The fourth-order valence-corrected chi connectivity index (χ4v) is 7.85. The van der Waals surface area contributed by atoms with Crippen molar-refractivity contribution in [2.75, 3.05) is 14.2 Å². The number of allylic oxidation sites excluding steroid dienone is 1. The predicted octanol–water partition coefficient (Wildman–Crippen LogP) is 6.62. The van der Waals surface area contributed by atoms with Gasteiger partial charge in [-0.3, -0.25) is 19.5 Å². The first-order valence-corrected chi connectivity index (χ1v) is 17.0. The molecule has 0 radical (unpaired) electrons. The third-order valence-electron chi connectivity index (χ3n) is 9.32. The second-order valence-corrected chi connectivity index (χ2v) is 13.1. The molecule has 2 aliphatic rings. The molecule has 1 aromatic heterocycles. The van der Waals surface area contributed by atoms with Crippen LogP contribution in [0, 0.1) is 10.1 Å². The van der Waals surface area contributed by atoms with E-state index in [0.717, 1.165) is 46.0 Å². The topological polar surface area (TPSA) is 122 Å². The van der Waals surface area contributed by atoms with E-state index in [1.54, 1.807) is 30.9 Å². The minimum absolute atomic E-state index is 0.134. The van der Waals surface area contributed by atoms with Crippen LogP contribution in [-0.4, -0.2) is 29.7 Å². The third-order valence-corrected chi connectivity index (χ3v) is 10.3. The van der Waals surface area contributed by atoms with Crippen LogP contribution in [0.15, 0.2) is 118 Å². The highest BCUT2D eigenvalue weighted by atomic mass is 32.1. The summed E-state index contributed by atoms with van der Waals surface area (Å²) in [4.78, 5) is 44.2. The molecular weight excluding hydrogens is 667 g/mol. The molecule has 2 heterocycles. The summed E-state index contributed by atoms with van der Waals surface area (Å²) in [5.74, 6) is 0.704. The predicted molar refractivity (Wildman–Crippen MR) is 194 cm³/mol. The summed E-state index contributed by atoms with van der Waals surface area (Å²) in [6.45, 7) is 0. The normalized spacial score (nSPS) is 15.0. The second kappa shape index (κ2) is 12.8. The van der Waals surface area contributed by atoms with Crippen LogP contribution in [0.5, 0.6) is 17.2 Å². The minimum atomic E-state index is -0.684. The van der Waals surface area contributed by atoms with Crippen molar-refractivity contribution in [2.24, 2.45) is 4.99 Å². The summed E-state index contributed by atoms with van der Waals surface area (Å²) < 4.78 is 19.3. The van der Waals surface area contributed by atoms with Crippen molar-refractivity contribution >= 4 is 45.5 Å². The minimum Gasteiger partial charge on any atom is -0.493 e. The number of benzene rings is 5. The van der Waals surface area contributed by atoms with Crippen LogP contribution in [0.3, 0.4) is 0 Å². The molecule has 11 heteroatoms. The Morgan fingerprint density at radius 3 is 2.43 bits per heavy atom. The monoisotopic (exact) mass is 695 g/mol. The van der Waals surface area contributed by atoms with Gasteiger partial charge in [-0.05, 0) is 76.7 Å². The van der Waals surface area contributed by atoms with Gasteiger partial charge < -0.3 is 14.2 Å². The molecule has 8 rings (SSSR count). The lowest BCUT2D eigenvalue weighted by Crippen LogP contribution is -2.38. The van der Waals surface area contributed by atoms with Crippen molar-refractivity contribution in [1.82, 2.24) is 4.57 Å². The van der Waals surface area contributed by atoms with E-state index >= 15 is 0 Å². The number of thiazole rings is 1. The number of methoxy groups -OCH3 is 2. The van der Waals surface area contributed by atoms with E-state index in [0.29, 0.717) is 26.4 Å². The number of aromatic nitrogens is 1. The number of rotatable bonds is 7. The lowest BCUT2D eigenvalue weighted by molar-refractivity contribution is -0.384. The van der Waals surface area contributed by atoms with E-state index < -0.39 is 16.9 Å². The van der Waals surface area contributed by atoms with Crippen LogP contribution in [0.1, 0.15) is 45.1 Å². The molecule has 0 saturated carbocycles. The van der Waals surface area contributed by atoms with Gasteiger partial charge in [-0.15, -0.1) is 0 Å². The van der Waals surface area contributed by atoms with Crippen LogP contribution >= 0.6 is 11.3 Å². The first-order valence-electron chi connectivity index (χ1n) is 16.2. The maximum absolute atomic E-state index is 14.6. The van der Waals surface area contributed by atoms with Crippen molar-refractivity contribution in [3.8, 4) is 17.2 Å². The van der Waals surface area contributed by atoms with E-state index in [2.05, 4.69) is 12.1 Å². The number of aryl methyl sites for hydroxylation is 1. The number of carbonyl (C=O) groups excluding carboxylic acids is 1. The zero-order valence-electron chi connectivity index (χ0n) is 27.5. The van der Waals surface area contributed by atoms with Crippen molar-refractivity contribution in [1.29, 1.82) is 0 Å². The second-order valence-electron chi connectivity index (χ2n) is 12.1. The molecular formula is C40H29N3O7S. The number of ether oxygens (including phenoxy) is 3. The number of hydrogen-bond acceptors (Lipinski definition) is 9. The van der Waals surface area contributed by atoms with E-state index in [9.17, 15) is 19.7 Å². The van der Waals surface area contributed by atoms with Crippen LogP contribution in [0.4, 0.5) is 5.69 Å². The Balaban J connectivity index is 1.31. The van der Waals surface area contributed by atoms with Crippen molar-refractivity contribution in [2.45, 2.75) is 18.9 Å². The van der Waals surface area contributed by atoms with Crippen LogP contribution in [0.25, 0.3) is 22.5 Å². The van der Waals surface area contributed by atoms with Crippen molar-refractivity contribution < 1.29 is 23.9 Å². The van der Waals surface area contributed by atoms with Crippen LogP contribution in [-0.2, 0) is 6.42 Å². The number of fused-ring (bicyclic) bond motifs is 4. The highest BCUT2D eigenvalue weighted by Gasteiger charge is 2.33. The number of nitrogens with zero attached hydrogens (tertiary/aromatic N) is 3. The van der Waals surface area contributed by atoms with E-state index in [-0.39, 0.29) is 22.6 Å². The Labute approximate surface area is 295 Å². The Hall–Kier alpha value is -6.33. The van der Waals surface area contributed by atoms with Crippen molar-refractivity contribution in [3.05, 3.63) is 166 Å². The van der Waals surface area contributed by atoms with Gasteiger partial charge >= 0.3 is 5.97 Å². The maximum Gasteiger partial charge on any atom is 0.343 e. The molecule has 0 amide bonds. The third kappa shape index (κ3) is 5.57.